The molecule has 2 heteroatoms. The summed E-state index contributed by atoms with van der Waals surface area (Å²) in [5, 5.41) is 3.32. The zero-order valence-electron chi connectivity index (χ0n) is 8.57. The third kappa shape index (κ3) is 9.92. The number of hydrogen-bond donors (Lipinski definition) is 1. The molecule has 0 rings (SSSR count). The average molecular weight is 173 g/mol. The maximum absolute atomic E-state index is 5.25. The molecule has 2 nitrogen and oxygen atoms in total. The summed E-state index contributed by atoms with van der Waals surface area (Å²) in [5.74, 6) is 0. The van der Waals surface area contributed by atoms with E-state index in [0.717, 1.165) is 19.8 Å². The predicted octanol–water partition coefficient (Wildman–Crippen LogP) is 2.19. The fourth-order valence-corrected chi connectivity index (χ4v) is 1.13. The van der Waals surface area contributed by atoms with Crippen LogP contribution in [0.5, 0.6) is 0 Å². The first-order chi connectivity index (χ1) is 5.91. The second kappa shape index (κ2) is 10.9. The van der Waals surface area contributed by atoms with E-state index in [4.69, 9.17) is 4.74 Å². The molecule has 0 amide bonds. The molecule has 12 heavy (non-hydrogen) atoms. The molecule has 0 aromatic rings. The van der Waals surface area contributed by atoms with Gasteiger partial charge < -0.3 is 10.1 Å². The van der Waals surface area contributed by atoms with Gasteiger partial charge in [0.2, 0.25) is 0 Å². The second-order valence-corrected chi connectivity index (χ2v) is 2.96. The lowest BCUT2D eigenvalue weighted by molar-refractivity contribution is 0.143. The minimum atomic E-state index is 0.859. The Morgan fingerprint density at radius 1 is 1.00 bits per heavy atom. The van der Waals surface area contributed by atoms with Gasteiger partial charge in [0.15, 0.2) is 0 Å². The van der Waals surface area contributed by atoms with Crippen molar-refractivity contribution in [2.45, 2.75) is 39.5 Å². The number of ether oxygens (including phenoxy) is 1. The van der Waals surface area contributed by atoms with E-state index in [-0.39, 0.29) is 0 Å². The van der Waals surface area contributed by atoms with Crippen molar-refractivity contribution in [3.8, 4) is 0 Å². The number of nitrogens with one attached hydrogen (secondary N) is 1. The standard InChI is InChI=1S/C10H23NO/c1-3-11-9-7-5-6-8-10-12-4-2/h11H,3-10H2,1-2H3. The predicted molar refractivity (Wildman–Crippen MR) is 53.5 cm³/mol. The molecule has 0 radical (unpaired) electrons. The van der Waals surface area contributed by atoms with Gasteiger partial charge in [0.05, 0.1) is 0 Å². The van der Waals surface area contributed by atoms with E-state index in [9.17, 15) is 0 Å². The van der Waals surface area contributed by atoms with Gasteiger partial charge in [-0.3, -0.25) is 0 Å². The van der Waals surface area contributed by atoms with Crippen molar-refractivity contribution in [3.63, 3.8) is 0 Å². The van der Waals surface area contributed by atoms with Crippen LogP contribution in [0.15, 0.2) is 0 Å². The Kier molecular flexibility index (Phi) is 10.8. The lowest BCUT2D eigenvalue weighted by atomic mass is 10.2. The molecule has 0 unspecified atom stereocenters. The van der Waals surface area contributed by atoms with Gasteiger partial charge in [-0.2, -0.15) is 0 Å². The summed E-state index contributed by atoms with van der Waals surface area (Å²) in [7, 11) is 0. The molecular weight excluding hydrogens is 150 g/mol. The fourth-order valence-electron chi connectivity index (χ4n) is 1.13. The van der Waals surface area contributed by atoms with Crippen LogP contribution in [0, 0.1) is 0 Å². The first-order valence-electron chi connectivity index (χ1n) is 5.20. The van der Waals surface area contributed by atoms with Crippen molar-refractivity contribution < 1.29 is 4.74 Å². The summed E-state index contributed by atoms with van der Waals surface area (Å²) >= 11 is 0. The summed E-state index contributed by atoms with van der Waals surface area (Å²) in [6.45, 7) is 8.26. The number of hydrogen-bond acceptors (Lipinski definition) is 2. The van der Waals surface area contributed by atoms with E-state index in [1.165, 1.54) is 32.2 Å². The molecule has 0 heterocycles. The van der Waals surface area contributed by atoms with Gasteiger partial charge in [0.25, 0.3) is 0 Å². The monoisotopic (exact) mass is 173 g/mol. The fraction of sp³-hybridized carbons (Fsp3) is 1.00. The molecule has 0 aliphatic carbocycles. The van der Waals surface area contributed by atoms with Gasteiger partial charge in [-0.15, -0.1) is 0 Å². The van der Waals surface area contributed by atoms with Crippen molar-refractivity contribution in [3.05, 3.63) is 0 Å². The Labute approximate surface area is 76.7 Å². The van der Waals surface area contributed by atoms with Crippen LogP contribution in [-0.2, 0) is 4.74 Å². The summed E-state index contributed by atoms with van der Waals surface area (Å²) < 4.78 is 5.25. The van der Waals surface area contributed by atoms with Crippen molar-refractivity contribution in [1.29, 1.82) is 0 Å². The molecule has 0 aliphatic heterocycles. The largest absolute Gasteiger partial charge is 0.382 e. The van der Waals surface area contributed by atoms with Crippen LogP contribution in [0.2, 0.25) is 0 Å². The van der Waals surface area contributed by atoms with E-state index < -0.39 is 0 Å². The molecule has 0 aromatic heterocycles. The van der Waals surface area contributed by atoms with Gasteiger partial charge in [-0.25, -0.2) is 0 Å². The van der Waals surface area contributed by atoms with Crippen LogP contribution in [0.1, 0.15) is 39.5 Å². The Balaban J connectivity index is 2.73. The van der Waals surface area contributed by atoms with E-state index >= 15 is 0 Å². The van der Waals surface area contributed by atoms with Crippen molar-refractivity contribution in [2.75, 3.05) is 26.3 Å². The first kappa shape index (κ1) is 11.9. The Morgan fingerprint density at radius 2 is 1.75 bits per heavy atom. The summed E-state index contributed by atoms with van der Waals surface area (Å²) in [5.41, 5.74) is 0. The highest BCUT2D eigenvalue weighted by atomic mass is 16.5. The Bertz CT molecular complexity index is 66.2. The third-order valence-electron chi connectivity index (χ3n) is 1.85. The van der Waals surface area contributed by atoms with Crippen LogP contribution in [0.25, 0.3) is 0 Å². The van der Waals surface area contributed by atoms with Crippen molar-refractivity contribution in [1.82, 2.24) is 5.32 Å². The molecule has 0 fully saturated rings. The van der Waals surface area contributed by atoms with Crippen LogP contribution >= 0.6 is 0 Å². The highest BCUT2D eigenvalue weighted by Crippen LogP contribution is 1.98. The van der Waals surface area contributed by atoms with Gasteiger partial charge >= 0.3 is 0 Å². The average Bonchev–Trinajstić information content (AvgIpc) is 2.10. The summed E-state index contributed by atoms with van der Waals surface area (Å²) in [4.78, 5) is 0. The topological polar surface area (TPSA) is 21.3 Å². The van der Waals surface area contributed by atoms with E-state index in [1.807, 2.05) is 6.92 Å². The lowest BCUT2D eigenvalue weighted by Gasteiger charge is -2.02. The quantitative estimate of drug-likeness (QED) is 0.540. The lowest BCUT2D eigenvalue weighted by Crippen LogP contribution is -2.13. The van der Waals surface area contributed by atoms with Gasteiger partial charge in [0.1, 0.15) is 0 Å². The number of rotatable bonds is 9. The highest BCUT2D eigenvalue weighted by Gasteiger charge is 1.89. The third-order valence-corrected chi connectivity index (χ3v) is 1.85. The summed E-state index contributed by atoms with van der Waals surface area (Å²) in [6.07, 6.45) is 5.17. The van der Waals surface area contributed by atoms with E-state index in [0.29, 0.717) is 0 Å². The van der Waals surface area contributed by atoms with Crippen LogP contribution < -0.4 is 5.32 Å². The molecule has 0 bridgehead atoms. The molecule has 0 atom stereocenters. The zero-order chi connectivity index (χ0) is 9.07. The number of unbranched alkanes of at least 4 members (excludes halogenated alkanes) is 3. The maximum Gasteiger partial charge on any atom is 0.0465 e. The van der Waals surface area contributed by atoms with Crippen LogP contribution in [0.3, 0.4) is 0 Å². The smallest absolute Gasteiger partial charge is 0.0465 e. The minimum absolute atomic E-state index is 0.859. The van der Waals surface area contributed by atoms with Crippen LogP contribution in [-0.4, -0.2) is 26.3 Å². The molecule has 0 saturated heterocycles. The van der Waals surface area contributed by atoms with Gasteiger partial charge in [-0.05, 0) is 32.9 Å². The van der Waals surface area contributed by atoms with Crippen molar-refractivity contribution >= 4 is 0 Å². The van der Waals surface area contributed by atoms with Gasteiger partial charge in [-0.1, -0.05) is 19.8 Å². The van der Waals surface area contributed by atoms with E-state index in [2.05, 4.69) is 12.2 Å². The molecule has 1 N–H and O–H groups in total. The minimum Gasteiger partial charge on any atom is -0.382 e. The first-order valence-corrected chi connectivity index (χ1v) is 5.20. The second-order valence-electron chi connectivity index (χ2n) is 2.96. The SMILES string of the molecule is CCNCCCCCCOCC. The molecule has 0 aromatic carbocycles. The zero-order valence-corrected chi connectivity index (χ0v) is 8.57. The molecule has 0 aliphatic rings. The Hall–Kier alpha value is -0.0800. The molecular formula is C10H23NO. The Morgan fingerprint density at radius 3 is 2.42 bits per heavy atom. The molecule has 0 saturated carbocycles. The van der Waals surface area contributed by atoms with E-state index in [1.54, 1.807) is 0 Å². The molecule has 0 spiro atoms. The molecule has 74 valence electrons. The van der Waals surface area contributed by atoms with Crippen LogP contribution in [0.4, 0.5) is 0 Å². The maximum atomic E-state index is 5.25. The summed E-state index contributed by atoms with van der Waals surface area (Å²) in [6, 6.07) is 0. The van der Waals surface area contributed by atoms with Crippen molar-refractivity contribution in [2.24, 2.45) is 0 Å². The van der Waals surface area contributed by atoms with Gasteiger partial charge in [0, 0.05) is 13.2 Å². The normalized spacial score (nSPS) is 10.5. The highest BCUT2D eigenvalue weighted by molar-refractivity contribution is 4.46.